The smallest absolute Gasteiger partial charge is 0.254 e. The van der Waals surface area contributed by atoms with Crippen molar-refractivity contribution in [1.82, 2.24) is 10.2 Å². The van der Waals surface area contributed by atoms with Crippen molar-refractivity contribution in [2.45, 2.75) is 46.6 Å². The number of amidine groups is 1. The van der Waals surface area contributed by atoms with Crippen LogP contribution in [0.1, 0.15) is 72.0 Å². The van der Waals surface area contributed by atoms with Gasteiger partial charge in [-0.25, -0.2) is 0 Å². The van der Waals surface area contributed by atoms with Crippen molar-refractivity contribution in [2.24, 2.45) is 0 Å². The standard InChI is InChI=1S/C27H34N4O4/c1-8-35-24-11-18-14-31(25(28)21(18)13-22(24)26(34)29-6)15-23(33)17-9-19(27(3,4)5)12-20(10-17)30(7)16(2)32/h9-13,28H,8,14-15H2,1-7H3,(H,29,34). The van der Waals surface area contributed by atoms with Gasteiger partial charge in [0.1, 0.15) is 11.6 Å². The number of fused-ring (bicyclic) bond motifs is 1. The molecule has 0 atom stereocenters. The van der Waals surface area contributed by atoms with Gasteiger partial charge in [0.05, 0.1) is 18.7 Å². The summed E-state index contributed by atoms with van der Waals surface area (Å²) in [6.45, 7) is 10.3. The Hall–Kier alpha value is -3.68. The van der Waals surface area contributed by atoms with Crippen molar-refractivity contribution >= 4 is 29.1 Å². The number of carbonyl (C=O) groups is 3. The van der Waals surface area contributed by atoms with Gasteiger partial charge in [-0.05, 0) is 53.8 Å². The monoisotopic (exact) mass is 478 g/mol. The van der Waals surface area contributed by atoms with Crippen molar-refractivity contribution < 1.29 is 19.1 Å². The van der Waals surface area contributed by atoms with Crippen LogP contribution in [0.2, 0.25) is 0 Å². The number of amides is 2. The molecule has 0 aliphatic carbocycles. The van der Waals surface area contributed by atoms with Crippen LogP contribution in [0, 0.1) is 5.41 Å². The van der Waals surface area contributed by atoms with Crippen LogP contribution in [0.15, 0.2) is 30.3 Å². The molecule has 1 heterocycles. The van der Waals surface area contributed by atoms with Crippen LogP contribution < -0.4 is 15.0 Å². The molecule has 2 amide bonds. The third kappa shape index (κ3) is 5.37. The minimum Gasteiger partial charge on any atom is -0.493 e. The molecule has 2 N–H and O–H groups in total. The minimum absolute atomic E-state index is 0.00358. The summed E-state index contributed by atoms with van der Waals surface area (Å²) in [6, 6.07) is 8.96. The van der Waals surface area contributed by atoms with Crippen LogP contribution in [0.25, 0.3) is 0 Å². The topological polar surface area (TPSA) is 103 Å². The van der Waals surface area contributed by atoms with Gasteiger partial charge < -0.3 is 19.9 Å². The van der Waals surface area contributed by atoms with E-state index in [0.29, 0.717) is 41.3 Å². The molecule has 0 fully saturated rings. The zero-order valence-electron chi connectivity index (χ0n) is 21.5. The summed E-state index contributed by atoms with van der Waals surface area (Å²) in [5, 5.41) is 11.3. The highest BCUT2D eigenvalue weighted by molar-refractivity contribution is 6.08. The highest BCUT2D eigenvalue weighted by Crippen LogP contribution is 2.32. The zero-order chi connectivity index (χ0) is 26.1. The van der Waals surface area contributed by atoms with E-state index in [9.17, 15) is 14.4 Å². The van der Waals surface area contributed by atoms with E-state index in [1.54, 1.807) is 37.2 Å². The predicted octanol–water partition coefficient (Wildman–Crippen LogP) is 3.75. The molecule has 186 valence electrons. The maximum atomic E-state index is 13.4. The third-order valence-corrected chi connectivity index (χ3v) is 6.21. The van der Waals surface area contributed by atoms with Gasteiger partial charge in [0.2, 0.25) is 5.91 Å². The molecule has 0 spiro atoms. The van der Waals surface area contributed by atoms with Gasteiger partial charge >= 0.3 is 0 Å². The third-order valence-electron chi connectivity index (χ3n) is 6.21. The predicted molar refractivity (Wildman–Crippen MR) is 137 cm³/mol. The Bertz CT molecular complexity index is 1200. The second kappa shape index (κ2) is 9.90. The molecule has 0 saturated carbocycles. The lowest BCUT2D eigenvalue weighted by Gasteiger charge is -2.24. The van der Waals surface area contributed by atoms with E-state index in [2.05, 4.69) is 26.1 Å². The van der Waals surface area contributed by atoms with Crippen LogP contribution >= 0.6 is 0 Å². The summed E-state index contributed by atoms with van der Waals surface area (Å²) in [7, 11) is 3.23. The number of carbonyl (C=O) groups excluding carboxylic acids is 3. The highest BCUT2D eigenvalue weighted by Gasteiger charge is 2.30. The van der Waals surface area contributed by atoms with Crippen LogP contribution in [-0.4, -0.2) is 55.6 Å². The molecule has 0 aromatic heterocycles. The summed E-state index contributed by atoms with van der Waals surface area (Å²) in [5.74, 6) is 0.0855. The van der Waals surface area contributed by atoms with Crippen molar-refractivity contribution in [1.29, 1.82) is 5.41 Å². The summed E-state index contributed by atoms with van der Waals surface area (Å²) in [6.07, 6.45) is 0. The van der Waals surface area contributed by atoms with E-state index in [0.717, 1.165) is 11.1 Å². The maximum absolute atomic E-state index is 13.4. The molecular weight excluding hydrogens is 444 g/mol. The van der Waals surface area contributed by atoms with Crippen LogP contribution in [0.5, 0.6) is 5.75 Å². The van der Waals surface area contributed by atoms with Crippen LogP contribution in [0.3, 0.4) is 0 Å². The van der Waals surface area contributed by atoms with Crippen molar-refractivity contribution in [3.8, 4) is 5.75 Å². The number of anilines is 1. The fourth-order valence-corrected chi connectivity index (χ4v) is 4.00. The molecule has 0 bridgehead atoms. The lowest BCUT2D eigenvalue weighted by molar-refractivity contribution is -0.116. The van der Waals surface area contributed by atoms with Gasteiger partial charge in [-0.3, -0.25) is 19.8 Å². The van der Waals surface area contributed by atoms with E-state index in [1.807, 2.05) is 19.1 Å². The largest absolute Gasteiger partial charge is 0.493 e. The van der Waals surface area contributed by atoms with Crippen molar-refractivity contribution in [2.75, 3.05) is 32.1 Å². The molecule has 8 nitrogen and oxygen atoms in total. The first-order valence-corrected chi connectivity index (χ1v) is 11.7. The SMILES string of the molecule is CCOc1cc2c(cc1C(=O)NC)C(=N)N(CC(=O)c1cc(N(C)C(C)=O)cc(C(C)(C)C)c1)C2. The van der Waals surface area contributed by atoms with E-state index in [1.165, 1.54) is 11.8 Å². The molecule has 35 heavy (non-hydrogen) atoms. The molecule has 3 rings (SSSR count). The zero-order valence-corrected chi connectivity index (χ0v) is 21.5. The number of ketones is 1. The fourth-order valence-electron chi connectivity index (χ4n) is 4.00. The first kappa shape index (κ1) is 25.9. The first-order valence-electron chi connectivity index (χ1n) is 11.7. The summed E-state index contributed by atoms with van der Waals surface area (Å²) in [4.78, 5) is 40.9. The van der Waals surface area contributed by atoms with Gasteiger partial charge in [0.15, 0.2) is 5.78 Å². The Labute approximate surface area is 206 Å². The van der Waals surface area contributed by atoms with E-state index in [-0.39, 0.29) is 35.4 Å². The number of benzene rings is 2. The van der Waals surface area contributed by atoms with Gasteiger partial charge in [-0.15, -0.1) is 0 Å². The molecule has 0 unspecified atom stereocenters. The quantitative estimate of drug-likeness (QED) is 0.590. The molecule has 1 aliphatic rings. The molecule has 1 aliphatic heterocycles. The Morgan fingerprint density at radius 2 is 1.83 bits per heavy atom. The number of rotatable bonds is 7. The number of nitrogens with zero attached hydrogens (tertiary/aromatic N) is 2. The van der Waals surface area contributed by atoms with E-state index in [4.69, 9.17) is 10.1 Å². The summed E-state index contributed by atoms with van der Waals surface area (Å²) < 4.78 is 5.66. The average Bonchev–Trinajstić information content (AvgIpc) is 3.10. The van der Waals surface area contributed by atoms with E-state index < -0.39 is 0 Å². The van der Waals surface area contributed by atoms with Gasteiger partial charge in [-0.2, -0.15) is 0 Å². The minimum atomic E-state index is -0.292. The number of nitrogens with one attached hydrogen (secondary N) is 2. The second-order valence-electron chi connectivity index (χ2n) is 9.74. The van der Waals surface area contributed by atoms with Gasteiger partial charge in [-0.1, -0.05) is 20.8 Å². The molecule has 2 aromatic carbocycles. The second-order valence-corrected chi connectivity index (χ2v) is 9.74. The number of hydrogen-bond donors (Lipinski definition) is 2. The molecule has 0 radical (unpaired) electrons. The van der Waals surface area contributed by atoms with Crippen LogP contribution in [-0.2, 0) is 16.8 Å². The fraction of sp³-hybridized carbons (Fsp3) is 0.407. The molecule has 2 aromatic rings. The number of Topliss-reactive ketones (excluding diaryl/α,β-unsaturated/α-hetero) is 1. The Morgan fingerprint density at radius 1 is 1.14 bits per heavy atom. The lowest BCUT2D eigenvalue weighted by Crippen LogP contribution is -2.31. The highest BCUT2D eigenvalue weighted by atomic mass is 16.5. The van der Waals surface area contributed by atoms with Gasteiger partial charge in [0.25, 0.3) is 5.91 Å². The van der Waals surface area contributed by atoms with Crippen molar-refractivity contribution in [3.63, 3.8) is 0 Å². The van der Waals surface area contributed by atoms with Crippen LogP contribution in [0.4, 0.5) is 5.69 Å². The summed E-state index contributed by atoms with van der Waals surface area (Å²) in [5.41, 5.74) is 3.68. The van der Waals surface area contributed by atoms with Crippen molar-refractivity contribution in [3.05, 3.63) is 58.1 Å². The average molecular weight is 479 g/mol. The molecule has 8 heteroatoms. The maximum Gasteiger partial charge on any atom is 0.254 e. The number of hydrogen-bond acceptors (Lipinski definition) is 5. The first-order chi connectivity index (χ1) is 16.4. The Balaban J connectivity index is 1.92. The molecule has 0 saturated heterocycles. The number of ether oxygens (including phenoxy) is 1. The summed E-state index contributed by atoms with van der Waals surface area (Å²) >= 11 is 0. The van der Waals surface area contributed by atoms with E-state index >= 15 is 0 Å². The Kier molecular flexibility index (Phi) is 7.33. The normalized spacial score (nSPS) is 12.9. The Morgan fingerprint density at radius 3 is 2.40 bits per heavy atom. The van der Waals surface area contributed by atoms with Gasteiger partial charge in [0, 0.05) is 44.4 Å². The lowest BCUT2D eigenvalue weighted by atomic mass is 9.85. The molecular formula is C27H34N4O4.